The minimum Gasteiger partial charge on any atom is -0.480 e. The van der Waals surface area contributed by atoms with Gasteiger partial charge in [-0.05, 0) is 52.5 Å². The molecule has 5 atom stereocenters. The second-order valence-corrected chi connectivity index (χ2v) is 11.0. The average Bonchev–Trinajstić information content (AvgIpc) is 2.84. The maximum absolute atomic E-state index is 13.3. The monoisotopic (exact) mass is 577 g/mol. The normalized spacial score (nSPS) is 15.3. The Balaban J connectivity index is 5.67. The second-order valence-electron chi connectivity index (χ2n) is 11.0. The van der Waals surface area contributed by atoms with E-state index in [2.05, 4.69) is 32.3 Å². The molecule has 0 spiro atoms. The highest BCUT2D eigenvalue weighted by Gasteiger charge is 2.30. The molecule has 0 fully saturated rings. The summed E-state index contributed by atoms with van der Waals surface area (Å²) in [6.45, 7) is 3.23. The summed E-state index contributed by atoms with van der Waals surface area (Å²) in [5.41, 5.74) is 14.6. The Morgan fingerprint density at radius 3 is 1.70 bits per heavy atom. The molecule has 40 heavy (non-hydrogen) atoms. The van der Waals surface area contributed by atoms with E-state index < -0.39 is 72.7 Å². The van der Waals surface area contributed by atoms with Gasteiger partial charge in [0.1, 0.15) is 30.5 Å². The molecular formula is C24H51N9O7+2. The number of nitrogens with one attached hydrogen (secondary N) is 5. The maximum atomic E-state index is 13.3. The summed E-state index contributed by atoms with van der Waals surface area (Å²) in [6, 6.07) is -5.38. The summed E-state index contributed by atoms with van der Waals surface area (Å²) in [6.07, 6.45) is 1.44. The number of aliphatic hydroxyl groups excluding tert-OH is 1. The molecule has 0 aliphatic rings. The summed E-state index contributed by atoms with van der Waals surface area (Å²) in [4.78, 5) is 62.2. The lowest BCUT2D eigenvalue weighted by molar-refractivity contribution is -0.870. The lowest BCUT2D eigenvalue weighted by Crippen LogP contribution is -2.67. The number of rotatable bonds is 20. The van der Waals surface area contributed by atoms with Gasteiger partial charge in [-0.3, -0.25) is 29.3 Å². The molecule has 0 aliphatic carbocycles. The lowest BCUT2D eigenvalue weighted by atomic mass is 10.0. The Bertz CT molecular complexity index is 834. The van der Waals surface area contributed by atoms with Crippen molar-refractivity contribution in [3.05, 3.63) is 0 Å². The Morgan fingerprint density at radius 2 is 1.25 bits per heavy atom. The Morgan fingerprint density at radius 1 is 0.775 bits per heavy atom. The van der Waals surface area contributed by atoms with Crippen LogP contribution in [-0.4, -0.2) is 122 Å². The predicted octanol–water partition coefficient (Wildman–Crippen LogP) is -4.90. The quantitative estimate of drug-likeness (QED) is 0.0374. The van der Waals surface area contributed by atoms with Crippen LogP contribution in [0.5, 0.6) is 0 Å². The van der Waals surface area contributed by atoms with Crippen LogP contribution in [0.15, 0.2) is 0 Å². The highest BCUT2D eigenvalue weighted by Crippen LogP contribution is 2.07. The van der Waals surface area contributed by atoms with E-state index in [0.29, 0.717) is 23.9 Å². The van der Waals surface area contributed by atoms with Crippen molar-refractivity contribution in [2.45, 2.75) is 82.5 Å². The number of carboxylic acid groups (broad SMARTS) is 1. The molecule has 0 radical (unpaired) electrons. The standard InChI is InChI=1S/C24H49N9O7/c1-14(25)19(35)30-17(10-8-11-28-24(26)27)20(36)31-16(9-6-7-12-33(3,4)5)21(37)32-18(13-34)22(38)29-15(2)23(39)40/h14-18,24,28,34H,6-13,25-27H2,1-5H3,(H4-,29,30,31,32,35,36,37,38,39,40)/p+2/t14-,15-,16-,17-,18-/m0/s1. The molecule has 0 aliphatic heterocycles. The van der Waals surface area contributed by atoms with Gasteiger partial charge in [0.25, 0.3) is 5.91 Å². The molecule has 4 amide bonds. The molecule has 0 heterocycles. The number of amides is 4. The molecule has 0 unspecified atom stereocenters. The number of aliphatic hydroxyl groups is 1. The number of carbonyl (C=O) groups is 5. The Labute approximate surface area is 235 Å². The lowest BCUT2D eigenvalue weighted by Gasteiger charge is -2.26. The SMILES string of the molecule is C[C@H]([NH3+])C(=O)N[C@@H](CCCNC(N)N)C(=O)N[C@@H](CCCC[N+](C)(C)C)C(=O)N[C@@H](CO)C(=O)N[C@@H](C)C(=O)O. The van der Waals surface area contributed by atoms with E-state index >= 15 is 0 Å². The number of unbranched alkanes of at least 4 members (excludes halogenated alkanes) is 1. The molecule has 0 aromatic carbocycles. The van der Waals surface area contributed by atoms with Gasteiger partial charge in [-0.2, -0.15) is 0 Å². The minimum absolute atomic E-state index is 0.217. The smallest absolute Gasteiger partial charge is 0.325 e. The van der Waals surface area contributed by atoms with E-state index in [9.17, 15) is 29.1 Å². The van der Waals surface area contributed by atoms with Gasteiger partial charge < -0.3 is 53.2 Å². The number of aliphatic carboxylic acids is 1. The number of quaternary nitrogens is 2. The van der Waals surface area contributed by atoms with Crippen molar-refractivity contribution >= 4 is 29.6 Å². The van der Waals surface area contributed by atoms with Crippen LogP contribution in [0.25, 0.3) is 0 Å². The first-order chi connectivity index (χ1) is 18.5. The van der Waals surface area contributed by atoms with Crippen LogP contribution in [0.2, 0.25) is 0 Å². The van der Waals surface area contributed by atoms with E-state index in [1.54, 1.807) is 6.92 Å². The molecular weight excluding hydrogens is 526 g/mol. The molecule has 14 N–H and O–H groups in total. The third-order valence-electron chi connectivity index (χ3n) is 5.88. The molecule has 16 nitrogen and oxygen atoms in total. The van der Waals surface area contributed by atoms with Crippen LogP contribution in [0, 0.1) is 0 Å². The fraction of sp³-hybridized carbons (Fsp3) is 0.792. The van der Waals surface area contributed by atoms with Crippen LogP contribution in [0.3, 0.4) is 0 Å². The van der Waals surface area contributed by atoms with E-state index in [-0.39, 0.29) is 12.8 Å². The van der Waals surface area contributed by atoms with Crippen molar-refractivity contribution in [3.8, 4) is 0 Å². The summed E-state index contributed by atoms with van der Waals surface area (Å²) >= 11 is 0. The zero-order valence-electron chi connectivity index (χ0n) is 24.4. The van der Waals surface area contributed by atoms with Crippen LogP contribution in [-0.2, 0) is 24.0 Å². The van der Waals surface area contributed by atoms with E-state index in [1.807, 2.05) is 21.1 Å². The van der Waals surface area contributed by atoms with Gasteiger partial charge in [-0.15, -0.1) is 0 Å². The van der Waals surface area contributed by atoms with E-state index in [4.69, 9.17) is 16.6 Å². The van der Waals surface area contributed by atoms with Crippen molar-refractivity contribution in [3.63, 3.8) is 0 Å². The van der Waals surface area contributed by atoms with Gasteiger partial charge in [0.05, 0.1) is 34.3 Å². The molecule has 0 aromatic rings. The topological polar surface area (TPSA) is 266 Å². The van der Waals surface area contributed by atoms with Crippen molar-refractivity contribution in [2.75, 3.05) is 40.8 Å². The fourth-order valence-corrected chi connectivity index (χ4v) is 3.48. The van der Waals surface area contributed by atoms with Crippen molar-refractivity contribution in [1.82, 2.24) is 26.6 Å². The number of hydrogen-bond acceptors (Lipinski definition) is 9. The van der Waals surface area contributed by atoms with Crippen LogP contribution in [0.1, 0.15) is 46.0 Å². The second kappa shape index (κ2) is 18.5. The van der Waals surface area contributed by atoms with E-state index in [1.165, 1.54) is 6.92 Å². The Hall–Kier alpha value is -2.89. The predicted molar refractivity (Wildman–Crippen MR) is 147 cm³/mol. The maximum Gasteiger partial charge on any atom is 0.325 e. The first-order valence-electron chi connectivity index (χ1n) is 13.4. The fourth-order valence-electron chi connectivity index (χ4n) is 3.48. The van der Waals surface area contributed by atoms with Gasteiger partial charge in [0.2, 0.25) is 17.7 Å². The van der Waals surface area contributed by atoms with Gasteiger partial charge in [0.15, 0.2) is 6.04 Å². The highest BCUT2D eigenvalue weighted by atomic mass is 16.4. The van der Waals surface area contributed by atoms with Gasteiger partial charge in [-0.1, -0.05) is 0 Å². The van der Waals surface area contributed by atoms with Gasteiger partial charge >= 0.3 is 5.97 Å². The third kappa shape index (κ3) is 16.3. The average molecular weight is 578 g/mol. The molecule has 16 heteroatoms. The number of carboxylic acids is 1. The minimum atomic E-state index is -1.44. The number of carbonyl (C=O) groups excluding carboxylic acids is 4. The first kappa shape index (κ1) is 37.1. The molecule has 0 bridgehead atoms. The number of nitrogens with two attached hydrogens (primary N) is 2. The van der Waals surface area contributed by atoms with E-state index in [0.717, 1.165) is 13.0 Å². The summed E-state index contributed by atoms with van der Waals surface area (Å²) < 4.78 is 0.704. The summed E-state index contributed by atoms with van der Waals surface area (Å²) in [5, 5.41) is 31.4. The first-order valence-corrected chi connectivity index (χ1v) is 13.4. The third-order valence-corrected chi connectivity index (χ3v) is 5.88. The number of nitrogens with zero attached hydrogens (tertiary/aromatic N) is 1. The molecule has 0 aromatic heterocycles. The summed E-state index contributed by atoms with van der Waals surface area (Å²) in [5.74, 6) is -3.96. The van der Waals surface area contributed by atoms with Crippen molar-refractivity contribution in [2.24, 2.45) is 11.5 Å². The van der Waals surface area contributed by atoms with Crippen LogP contribution in [0.4, 0.5) is 0 Å². The summed E-state index contributed by atoms with van der Waals surface area (Å²) in [7, 11) is 6.08. The van der Waals surface area contributed by atoms with Gasteiger partial charge in [0, 0.05) is 0 Å². The van der Waals surface area contributed by atoms with Crippen molar-refractivity contribution in [1.29, 1.82) is 0 Å². The Kier molecular flexibility index (Phi) is 17.1. The molecule has 0 rings (SSSR count). The number of hydrogen-bond donors (Lipinski definition) is 10. The van der Waals surface area contributed by atoms with Gasteiger partial charge in [-0.25, -0.2) is 0 Å². The molecule has 232 valence electrons. The highest BCUT2D eigenvalue weighted by molar-refractivity contribution is 5.95. The largest absolute Gasteiger partial charge is 0.480 e. The molecule has 0 saturated heterocycles. The van der Waals surface area contributed by atoms with Crippen molar-refractivity contribution < 1.29 is 44.4 Å². The zero-order chi connectivity index (χ0) is 31.0. The molecule has 0 saturated carbocycles. The zero-order valence-corrected chi connectivity index (χ0v) is 24.4. The van der Waals surface area contributed by atoms with Crippen LogP contribution < -0.4 is 43.8 Å². The van der Waals surface area contributed by atoms with Crippen LogP contribution >= 0.6 is 0 Å².